The monoisotopic (exact) mass is 359 g/mol. The van der Waals surface area contributed by atoms with Gasteiger partial charge in [-0.25, -0.2) is 0 Å². The molecule has 0 saturated carbocycles. The van der Waals surface area contributed by atoms with Crippen molar-refractivity contribution in [1.82, 2.24) is 5.32 Å². The van der Waals surface area contributed by atoms with E-state index in [9.17, 15) is 0 Å². The normalized spacial score (nSPS) is 11.7. The SMILES string of the molecule is CCCCCCCCCCCCCCCCC(C)(C)NC(=S)S. The van der Waals surface area contributed by atoms with Crippen LogP contribution in [0, 0.1) is 0 Å². The van der Waals surface area contributed by atoms with Gasteiger partial charge in [0.15, 0.2) is 0 Å². The zero-order chi connectivity index (χ0) is 17.4. The maximum Gasteiger partial charge on any atom is 0.131 e. The van der Waals surface area contributed by atoms with Gasteiger partial charge in [-0.1, -0.05) is 109 Å². The fourth-order valence-electron chi connectivity index (χ4n) is 3.11. The number of hydrogen-bond donors (Lipinski definition) is 2. The van der Waals surface area contributed by atoms with Crippen molar-refractivity contribution in [3.8, 4) is 0 Å². The minimum absolute atomic E-state index is 0.0932. The van der Waals surface area contributed by atoms with E-state index < -0.39 is 0 Å². The summed E-state index contributed by atoms with van der Waals surface area (Å²) in [5, 5.41) is 3.26. The molecule has 0 aromatic carbocycles. The van der Waals surface area contributed by atoms with E-state index >= 15 is 0 Å². The third-order valence-electron chi connectivity index (χ3n) is 4.60. The summed E-state index contributed by atoms with van der Waals surface area (Å²) in [6, 6.07) is 0. The maximum absolute atomic E-state index is 5.00. The van der Waals surface area contributed by atoms with E-state index in [1.807, 2.05) is 0 Å². The summed E-state index contributed by atoms with van der Waals surface area (Å²) in [5.74, 6) is 0. The summed E-state index contributed by atoms with van der Waals surface area (Å²) in [6.45, 7) is 6.70. The molecule has 0 radical (unpaired) electrons. The summed E-state index contributed by atoms with van der Waals surface area (Å²) in [4.78, 5) is 0. The van der Waals surface area contributed by atoms with Gasteiger partial charge in [-0.2, -0.15) is 0 Å². The second-order valence-corrected chi connectivity index (χ2v) is 8.82. The first-order valence-corrected chi connectivity index (χ1v) is 10.8. The lowest BCUT2D eigenvalue weighted by Crippen LogP contribution is -2.40. The van der Waals surface area contributed by atoms with E-state index in [0.717, 1.165) is 0 Å². The molecule has 0 amide bonds. The van der Waals surface area contributed by atoms with Gasteiger partial charge < -0.3 is 5.32 Å². The Morgan fingerprint density at radius 1 is 0.739 bits per heavy atom. The van der Waals surface area contributed by atoms with Crippen molar-refractivity contribution in [3.63, 3.8) is 0 Å². The lowest BCUT2D eigenvalue weighted by molar-refractivity contribution is 0.404. The number of nitrogens with one attached hydrogen (secondary N) is 1. The highest BCUT2D eigenvalue weighted by atomic mass is 32.1. The number of hydrogen-bond acceptors (Lipinski definition) is 1. The Hall–Kier alpha value is 0.240. The minimum Gasteiger partial charge on any atom is -0.366 e. The first-order chi connectivity index (χ1) is 11.0. The number of thiol groups is 1. The molecular weight excluding hydrogens is 318 g/mol. The quantitative estimate of drug-likeness (QED) is 0.169. The third-order valence-corrected chi connectivity index (χ3v) is 4.81. The highest BCUT2D eigenvalue weighted by Gasteiger charge is 2.16. The number of unbranched alkanes of at least 4 members (excludes halogenated alkanes) is 13. The van der Waals surface area contributed by atoms with Crippen LogP contribution >= 0.6 is 24.8 Å². The molecule has 0 heterocycles. The molecule has 0 rings (SSSR count). The van der Waals surface area contributed by atoms with Gasteiger partial charge in [0.25, 0.3) is 0 Å². The lowest BCUT2D eigenvalue weighted by atomic mass is 9.96. The molecule has 0 bridgehead atoms. The van der Waals surface area contributed by atoms with Crippen LogP contribution in [0.15, 0.2) is 0 Å². The van der Waals surface area contributed by atoms with Crippen molar-refractivity contribution < 1.29 is 0 Å². The predicted octanol–water partition coefficient (Wildman–Crippen LogP) is 7.44. The van der Waals surface area contributed by atoms with Crippen LogP contribution in [0.2, 0.25) is 0 Å². The van der Waals surface area contributed by atoms with E-state index in [0.29, 0.717) is 4.32 Å². The second kappa shape index (κ2) is 15.7. The van der Waals surface area contributed by atoms with Crippen LogP contribution in [0.25, 0.3) is 0 Å². The van der Waals surface area contributed by atoms with Crippen molar-refractivity contribution in [1.29, 1.82) is 0 Å². The van der Waals surface area contributed by atoms with E-state index in [2.05, 4.69) is 38.7 Å². The van der Waals surface area contributed by atoms with E-state index in [1.165, 1.54) is 96.3 Å². The van der Waals surface area contributed by atoms with Gasteiger partial charge in [-0.05, 0) is 20.3 Å². The highest BCUT2D eigenvalue weighted by Crippen LogP contribution is 2.17. The largest absolute Gasteiger partial charge is 0.366 e. The van der Waals surface area contributed by atoms with Crippen molar-refractivity contribution >= 4 is 29.2 Å². The van der Waals surface area contributed by atoms with Crippen molar-refractivity contribution in [3.05, 3.63) is 0 Å². The third kappa shape index (κ3) is 18.4. The van der Waals surface area contributed by atoms with Crippen LogP contribution in [0.4, 0.5) is 0 Å². The van der Waals surface area contributed by atoms with Crippen molar-refractivity contribution in [2.24, 2.45) is 0 Å². The Morgan fingerprint density at radius 3 is 1.43 bits per heavy atom. The maximum atomic E-state index is 5.00. The molecule has 0 fully saturated rings. The smallest absolute Gasteiger partial charge is 0.131 e. The molecule has 0 saturated heterocycles. The van der Waals surface area contributed by atoms with Crippen LogP contribution in [0.3, 0.4) is 0 Å². The topological polar surface area (TPSA) is 12.0 Å². The Balaban J connectivity index is 3.20. The summed E-state index contributed by atoms with van der Waals surface area (Å²) in [6.07, 6.45) is 21.0. The van der Waals surface area contributed by atoms with Gasteiger partial charge in [0.05, 0.1) is 0 Å². The van der Waals surface area contributed by atoms with Gasteiger partial charge in [-0.3, -0.25) is 0 Å². The Bertz CT molecular complexity index is 277. The second-order valence-electron chi connectivity index (χ2n) is 7.66. The van der Waals surface area contributed by atoms with Crippen LogP contribution in [-0.2, 0) is 0 Å². The van der Waals surface area contributed by atoms with Gasteiger partial charge in [0.2, 0.25) is 0 Å². The van der Waals surface area contributed by atoms with E-state index in [1.54, 1.807) is 0 Å². The molecule has 0 aliphatic heterocycles. The van der Waals surface area contributed by atoms with Gasteiger partial charge in [0, 0.05) is 5.54 Å². The average Bonchev–Trinajstić information content (AvgIpc) is 2.46. The minimum atomic E-state index is 0.0932. The zero-order valence-electron chi connectivity index (χ0n) is 16.0. The zero-order valence-corrected chi connectivity index (χ0v) is 17.7. The first kappa shape index (κ1) is 23.2. The molecule has 0 aliphatic carbocycles. The van der Waals surface area contributed by atoms with Crippen LogP contribution < -0.4 is 5.32 Å². The lowest BCUT2D eigenvalue weighted by Gasteiger charge is -2.26. The molecular formula is C20H41NS2. The Morgan fingerprint density at radius 2 is 1.09 bits per heavy atom. The molecule has 1 N–H and O–H groups in total. The van der Waals surface area contributed by atoms with Gasteiger partial charge in [0.1, 0.15) is 4.32 Å². The molecule has 23 heavy (non-hydrogen) atoms. The fraction of sp³-hybridized carbons (Fsp3) is 0.950. The predicted molar refractivity (Wildman–Crippen MR) is 114 cm³/mol. The number of thiocarbonyl (C=S) groups is 1. The molecule has 138 valence electrons. The van der Waals surface area contributed by atoms with Crippen molar-refractivity contribution in [2.45, 2.75) is 123 Å². The molecule has 0 unspecified atom stereocenters. The average molecular weight is 360 g/mol. The molecule has 1 nitrogen and oxygen atoms in total. The van der Waals surface area contributed by atoms with Gasteiger partial charge >= 0.3 is 0 Å². The summed E-state index contributed by atoms with van der Waals surface area (Å²) in [7, 11) is 0. The summed E-state index contributed by atoms with van der Waals surface area (Å²) in [5.41, 5.74) is 0.0932. The van der Waals surface area contributed by atoms with Gasteiger partial charge in [-0.15, -0.1) is 12.6 Å². The first-order valence-electron chi connectivity index (χ1n) is 9.99. The molecule has 3 heteroatoms. The molecule has 0 atom stereocenters. The van der Waals surface area contributed by atoms with Crippen LogP contribution in [0.1, 0.15) is 117 Å². The van der Waals surface area contributed by atoms with Crippen molar-refractivity contribution in [2.75, 3.05) is 0 Å². The summed E-state index contributed by atoms with van der Waals surface area (Å²) >= 11 is 9.16. The number of rotatable bonds is 16. The molecule has 0 spiro atoms. The van der Waals surface area contributed by atoms with Crippen LogP contribution in [-0.4, -0.2) is 9.86 Å². The van der Waals surface area contributed by atoms with Crippen LogP contribution in [0.5, 0.6) is 0 Å². The Labute approximate surface area is 157 Å². The van der Waals surface area contributed by atoms with E-state index in [4.69, 9.17) is 12.2 Å². The highest BCUT2D eigenvalue weighted by molar-refractivity contribution is 8.11. The molecule has 0 aromatic heterocycles. The Kier molecular flexibility index (Phi) is 15.9. The molecule has 0 aliphatic rings. The summed E-state index contributed by atoms with van der Waals surface area (Å²) < 4.78 is 0.611. The fourth-order valence-corrected chi connectivity index (χ4v) is 3.69. The standard InChI is InChI=1S/C20H41NS2/c1-4-5-6-7-8-9-10-11-12-13-14-15-16-17-18-20(2,3)21-19(22)23/h4-18H2,1-3H3,(H2,21,22,23). The molecule has 0 aromatic rings. The van der Waals surface area contributed by atoms with E-state index in [-0.39, 0.29) is 5.54 Å².